The Hall–Kier alpha value is -1.26. The van der Waals surface area contributed by atoms with Gasteiger partial charge in [0, 0.05) is 71.1 Å². The quantitative estimate of drug-likeness (QED) is 0.729. The van der Waals surface area contributed by atoms with Gasteiger partial charge in [-0.15, -0.1) is 0 Å². The van der Waals surface area contributed by atoms with Crippen molar-refractivity contribution in [2.45, 2.75) is 17.9 Å². The maximum absolute atomic E-state index is 12.8. The highest BCUT2D eigenvalue weighted by Gasteiger charge is 2.27. The highest BCUT2D eigenvalue weighted by Crippen LogP contribution is 2.18. The number of hydrogen-bond donors (Lipinski definition) is 1. The molecule has 8 nitrogen and oxygen atoms in total. The van der Waals surface area contributed by atoms with Crippen LogP contribution in [0.3, 0.4) is 0 Å². The Kier molecular flexibility index (Phi) is 6.69. The van der Waals surface area contributed by atoms with Gasteiger partial charge in [0.15, 0.2) is 0 Å². The van der Waals surface area contributed by atoms with Crippen molar-refractivity contribution >= 4 is 15.8 Å². The van der Waals surface area contributed by atoms with E-state index in [1.165, 1.54) is 6.20 Å². The van der Waals surface area contributed by atoms with Crippen LogP contribution in [0.4, 0.5) is 5.82 Å². The lowest BCUT2D eigenvalue weighted by Gasteiger charge is -2.34. The summed E-state index contributed by atoms with van der Waals surface area (Å²) in [6.45, 7) is 10.0. The summed E-state index contributed by atoms with van der Waals surface area (Å²) in [5.74, 6) is 0.717. The number of hydrogen-bond acceptors (Lipinski definition) is 7. The van der Waals surface area contributed by atoms with Gasteiger partial charge in [0.2, 0.25) is 10.0 Å². The lowest BCUT2D eigenvalue weighted by molar-refractivity contribution is 0.151. The third kappa shape index (κ3) is 5.39. The van der Waals surface area contributed by atoms with Gasteiger partial charge >= 0.3 is 0 Å². The molecule has 27 heavy (non-hydrogen) atoms. The smallest absolute Gasteiger partial charge is 0.244 e. The van der Waals surface area contributed by atoms with E-state index in [0.717, 1.165) is 45.8 Å². The second-order valence-electron chi connectivity index (χ2n) is 7.74. The summed E-state index contributed by atoms with van der Waals surface area (Å²) in [7, 11) is 0.708. The number of aromatic nitrogens is 1. The van der Waals surface area contributed by atoms with Crippen molar-refractivity contribution in [3.05, 3.63) is 18.3 Å². The average molecular weight is 397 g/mol. The SMILES string of the molecule is CC(CN1CCN(C)CC1)Nc1ccc(S(=O)(=O)N2CCN(C)CC2)cn1. The lowest BCUT2D eigenvalue weighted by Crippen LogP contribution is -2.47. The van der Waals surface area contributed by atoms with E-state index in [1.54, 1.807) is 16.4 Å². The standard InChI is InChI=1S/C18H32N6O2S/c1-16(15-23-10-6-21(2)7-11-23)20-18-5-4-17(14-19-18)27(25,26)24-12-8-22(3)9-13-24/h4-5,14,16H,6-13,15H2,1-3H3,(H,19,20). The van der Waals surface area contributed by atoms with E-state index in [9.17, 15) is 8.42 Å². The fraction of sp³-hybridized carbons (Fsp3) is 0.722. The molecule has 0 saturated carbocycles. The Morgan fingerprint density at radius 2 is 1.59 bits per heavy atom. The monoisotopic (exact) mass is 396 g/mol. The molecule has 2 aliphatic heterocycles. The summed E-state index contributed by atoms with van der Waals surface area (Å²) in [6.07, 6.45) is 1.47. The predicted molar refractivity (Wildman–Crippen MR) is 108 cm³/mol. The second-order valence-corrected chi connectivity index (χ2v) is 9.67. The summed E-state index contributed by atoms with van der Waals surface area (Å²) in [4.78, 5) is 11.5. The number of nitrogens with one attached hydrogen (secondary N) is 1. The molecule has 0 radical (unpaired) electrons. The Morgan fingerprint density at radius 3 is 2.15 bits per heavy atom. The zero-order chi connectivity index (χ0) is 19.4. The van der Waals surface area contributed by atoms with E-state index in [-0.39, 0.29) is 10.9 Å². The molecular weight excluding hydrogens is 364 g/mol. The molecule has 1 atom stereocenters. The van der Waals surface area contributed by atoms with E-state index in [4.69, 9.17) is 0 Å². The number of likely N-dealkylation sites (N-methyl/N-ethyl adjacent to an activating group) is 2. The van der Waals surface area contributed by atoms with Crippen LogP contribution in [0.25, 0.3) is 0 Å². The number of nitrogens with zero attached hydrogens (tertiary/aromatic N) is 5. The first kappa shape index (κ1) is 20.5. The fourth-order valence-electron chi connectivity index (χ4n) is 3.51. The first-order chi connectivity index (χ1) is 12.8. The van der Waals surface area contributed by atoms with Crippen LogP contribution in [-0.2, 0) is 10.0 Å². The molecule has 2 saturated heterocycles. The van der Waals surface area contributed by atoms with E-state index in [1.807, 2.05) is 7.05 Å². The van der Waals surface area contributed by atoms with Gasteiger partial charge < -0.3 is 15.1 Å². The maximum atomic E-state index is 12.8. The van der Waals surface area contributed by atoms with Crippen LogP contribution in [0.2, 0.25) is 0 Å². The number of pyridine rings is 1. The topological polar surface area (TPSA) is 72.0 Å². The molecule has 1 unspecified atom stereocenters. The van der Waals surface area contributed by atoms with Gasteiger partial charge in [0.05, 0.1) is 0 Å². The number of piperazine rings is 2. The summed E-state index contributed by atoms with van der Waals surface area (Å²) >= 11 is 0. The summed E-state index contributed by atoms with van der Waals surface area (Å²) < 4.78 is 27.1. The highest BCUT2D eigenvalue weighted by atomic mass is 32.2. The van der Waals surface area contributed by atoms with Gasteiger partial charge in [0.25, 0.3) is 0 Å². The maximum Gasteiger partial charge on any atom is 0.244 e. The average Bonchev–Trinajstić information content (AvgIpc) is 2.64. The number of rotatable bonds is 6. The van der Waals surface area contributed by atoms with Gasteiger partial charge in [0.1, 0.15) is 10.7 Å². The predicted octanol–water partition coefficient (Wildman–Crippen LogP) is 0.0655. The van der Waals surface area contributed by atoms with E-state index < -0.39 is 10.0 Å². The Balaban J connectivity index is 1.55. The minimum Gasteiger partial charge on any atom is -0.366 e. The molecular formula is C18H32N6O2S. The van der Waals surface area contributed by atoms with Crippen molar-refractivity contribution in [1.29, 1.82) is 0 Å². The Bertz CT molecular complexity index is 695. The van der Waals surface area contributed by atoms with Crippen molar-refractivity contribution in [2.75, 3.05) is 78.3 Å². The van der Waals surface area contributed by atoms with E-state index >= 15 is 0 Å². The number of anilines is 1. The van der Waals surface area contributed by atoms with Crippen LogP contribution < -0.4 is 5.32 Å². The van der Waals surface area contributed by atoms with Crippen molar-refractivity contribution in [1.82, 2.24) is 24.0 Å². The summed E-state index contributed by atoms with van der Waals surface area (Å²) in [5.41, 5.74) is 0. The molecule has 3 heterocycles. The molecule has 1 aromatic heterocycles. The first-order valence-electron chi connectivity index (χ1n) is 9.67. The molecule has 2 fully saturated rings. The molecule has 0 spiro atoms. The van der Waals surface area contributed by atoms with Crippen molar-refractivity contribution < 1.29 is 8.42 Å². The minimum absolute atomic E-state index is 0.251. The minimum atomic E-state index is -3.46. The Labute approximate surface area is 163 Å². The van der Waals surface area contributed by atoms with Crippen LogP contribution in [-0.4, -0.2) is 111 Å². The largest absolute Gasteiger partial charge is 0.366 e. The molecule has 1 N–H and O–H groups in total. The van der Waals surface area contributed by atoms with Crippen molar-refractivity contribution in [3.63, 3.8) is 0 Å². The van der Waals surface area contributed by atoms with Crippen LogP contribution in [0, 0.1) is 0 Å². The molecule has 9 heteroatoms. The second kappa shape index (κ2) is 8.83. The fourth-order valence-corrected chi connectivity index (χ4v) is 4.88. The molecule has 2 aliphatic rings. The molecule has 0 aromatic carbocycles. The van der Waals surface area contributed by atoms with Gasteiger partial charge in [-0.2, -0.15) is 4.31 Å². The van der Waals surface area contributed by atoms with Crippen LogP contribution >= 0.6 is 0 Å². The molecule has 152 valence electrons. The van der Waals surface area contributed by atoms with Crippen molar-refractivity contribution in [2.24, 2.45) is 0 Å². The summed E-state index contributed by atoms with van der Waals surface area (Å²) in [5, 5.41) is 3.38. The first-order valence-corrected chi connectivity index (χ1v) is 11.1. The molecule has 0 bridgehead atoms. The summed E-state index contributed by atoms with van der Waals surface area (Å²) in [6, 6.07) is 3.68. The van der Waals surface area contributed by atoms with Gasteiger partial charge in [-0.1, -0.05) is 0 Å². The normalized spacial score (nSPS) is 22.6. The van der Waals surface area contributed by atoms with Gasteiger partial charge in [-0.25, -0.2) is 13.4 Å². The van der Waals surface area contributed by atoms with E-state index in [2.05, 4.69) is 39.0 Å². The zero-order valence-electron chi connectivity index (χ0n) is 16.6. The third-order valence-electron chi connectivity index (χ3n) is 5.36. The lowest BCUT2D eigenvalue weighted by atomic mass is 10.2. The van der Waals surface area contributed by atoms with Crippen molar-refractivity contribution in [3.8, 4) is 0 Å². The Morgan fingerprint density at radius 1 is 1.00 bits per heavy atom. The number of sulfonamides is 1. The molecule has 0 aliphatic carbocycles. The van der Waals surface area contributed by atoms with Crippen LogP contribution in [0.1, 0.15) is 6.92 Å². The van der Waals surface area contributed by atoms with Crippen LogP contribution in [0.15, 0.2) is 23.2 Å². The van der Waals surface area contributed by atoms with E-state index in [0.29, 0.717) is 18.9 Å². The molecule has 3 rings (SSSR count). The van der Waals surface area contributed by atoms with Gasteiger partial charge in [-0.3, -0.25) is 4.90 Å². The van der Waals surface area contributed by atoms with Gasteiger partial charge in [-0.05, 0) is 33.2 Å². The zero-order valence-corrected chi connectivity index (χ0v) is 17.5. The van der Waals surface area contributed by atoms with Crippen LogP contribution in [0.5, 0.6) is 0 Å². The third-order valence-corrected chi connectivity index (χ3v) is 7.24. The molecule has 1 aromatic rings. The highest BCUT2D eigenvalue weighted by molar-refractivity contribution is 7.89. The molecule has 0 amide bonds.